The molecule has 0 spiro atoms. The van der Waals surface area contributed by atoms with Crippen molar-refractivity contribution in [2.45, 2.75) is 19.4 Å². The number of hydrogen-bond acceptors (Lipinski definition) is 3. The third-order valence-corrected chi connectivity index (χ3v) is 2.73. The Kier molecular flexibility index (Phi) is 3.31. The lowest BCUT2D eigenvalue weighted by molar-refractivity contribution is 0.605. The van der Waals surface area contributed by atoms with Gasteiger partial charge in [0.25, 0.3) is 0 Å². The molecule has 2 aromatic heterocycles. The second kappa shape index (κ2) is 4.90. The lowest BCUT2D eigenvalue weighted by atomic mass is 10.1. The fourth-order valence-electron chi connectivity index (χ4n) is 1.81. The first-order valence-electron chi connectivity index (χ1n) is 5.43. The number of aromatic nitrogens is 3. The van der Waals surface area contributed by atoms with Crippen LogP contribution in [0, 0.1) is 0 Å². The molecular weight excluding hydrogens is 200 g/mol. The molecule has 2 N–H and O–H groups in total. The van der Waals surface area contributed by atoms with Gasteiger partial charge >= 0.3 is 0 Å². The molecule has 2 heterocycles. The maximum atomic E-state index is 5.57. The minimum Gasteiger partial charge on any atom is -0.330 e. The van der Waals surface area contributed by atoms with Crippen LogP contribution in [-0.2, 0) is 6.42 Å². The minimum absolute atomic E-state index is 0.248. The topological polar surface area (TPSA) is 56.7 Å². The highest BCUT2D eigenvalue weighted by atomic mass is 15.1. The highest BCUT2D eigenvalue weighted by Gasteiger charge is 2.10. The summed E-state index contributed by atoms with van der Waals surface area (Å²) < 4.78 is 2.14. The van der Waals surface area contributed by atoms with Gasteiger partial charge in [0.05, 0.1) is 12.4 Å². The zero-order chi connectivity index (χ0) is 11.4. The molecule has 84 valence electrons. The standard InChI is InChI=1S/C12H16N4/c1-10(11-3-2-6-14-7-11)16-9-15-8-12(16)4-5-13/h2-3,6-10H,4-5,13H2,1H3. The Hall–Kier alpha value is -1.68. The van der Waals surface area contributed by atoms with Crippen LogP contribution in [0.3, 0.4) is 0 Å². The van der Waals surface area contributed by atoms with Gasteiger partial charge in [0.15, 0.2) is 0 Å². The van der Waals surface area contributed by atoms with Gasteiger partial charge in [-0.3, -0.25) is 4.98 Å². The first-order valence-corrected chi connectivity index (χ1v) is 5.43. The molecule has 0 saturated carbocycles. The predicted octanol–water partition coefficient (Wildman–Crippen LogP) is 1.39. The molecule has 0 bridgehead atoms. The van der Waals surface area contributed by atoms with Gasteiger partial charge in [-0.15, -0.1) is 0 Å². The smallest absolute Gasteiger partial charge is 0.0953 e. The summed E-state index contributed by atoms with van der Waals surface area (Å²) in [5.41, 5.74) is 7.92. The summed E-state index contributed by atoms with van der Waals surface area (Å²) in [6.07, 6.45) is 8.24. The van der Waals surface area contributed by atoms with Crippen molar-refractivity contribution in [2.24, 2.45) is 5.73 Å². The highest BCUT2D eigenvalue weighted by Crippen LogP contribution is 2.18. The maximum Gasteiger partial charge on any atom is 0.0953 e. The van der Waals surface area contributed by atoms with E-state index in [0.717, 1.165) is 6.42 Å². The number of nitrogens with two attached hydrogens (primary N) is 1. The first kappa shape index (κ1) is 10.8. The predicted molar refractivity (Wildman–Crippen MR) is 63.0 cm³/mol. The fraction of sp³-hybridized carbons (Fsp3) is 0.333. The summed E-state index contributed by atoms with van der Waals surface area (Å²) in [5.74, 6) is 0. The largest absolute Gasteiger partial charge is 0.330 e. The monoisotopic (exact) mass is 216 g/mol. The number of nitrogens with zero attached hydrogens (tertiary/aromatic N) is 3. The van der Waals surface area contributed by atoms with Crippen LogP contribution in [0.25, 0.3) is 0 Å². The van der Waals surface area contributed by atoms with E-state index < -0.39 is 0 Å². The summed E-state index contributed by atoms with van der Waals surface area (Å²) in [6.45, 7) is 2.78. The van der Waals surface area contributed by atoms with Crippen LogP contribution in [0.2, 0.25) is 0 Å². The summed E-state index contributed by atoms with van der Waals surface area (Å²) in [5, 5.41) is 0. The highest BCUT2D eigenvalue weighted by molar-refractivity contribution is 5.16. The lowest BCUT2D eigenvalue weighted by Crippen LogP contribution is -2.12. The zero-order valence-electron chi connectivity index (χ0n) is 9.37. The van der Waals surface area contributed by atoms with Crippen molar-refractivity contribution in [3.63, 3.8) is 0 Å². The zero-order valence-corrected chi connectivity index (χ0v) is 9.37. The van der Waals surface area contributed by atoms with Crippen LogP contribution in [0.4, 0.5) is 0 Å². The molecule has 0 aromatic carbocycles. The van der Waals surface area contributed by atoms with Gasteiger partial charge < -0.3 is 10.3 Å². The van der Waals surface area contributed by atoms with Crippen LogP contribution >= 0.6 is 0 Å². The van der Waals surface area contributed by atoms with E-state index >= 15 is 0 Å². The lowest BCUT2D eigenvalue weighted by Gasteiger charge is -2.16. The van der Waals surface area contributed by atoms with Crippen molar-refractivity contribution in [3.8, 4) is 0 Å². The Balaban J connectivity index is 2.27. The normalized spacial score (nSPS) is 12.6. The van der Waals surface area contributed by atoms with Crippen LogP contribution < -0.4 is 5.73 Å². The van der Waals surface area contributed by atoms with Crippen LogP contribution in [0.5, 0.6) is 0 Å². The van der Waals surface area contributed by atoms with Gasteiger partial charge in [0.1, 0.15) is 0 Å². The molecule has 0 amide bonds. The molecule has 4 heteroatoms. The Morgan fingerprint density at radius 2 is 2.25 bits per heavy atom. The van der Waals surface area contributed by atoms with Crippen molar-refractivity contribution in [1.82, 2.24) is 14.5 Å². The Morgan fingerprint density at radius 1 is 1.38 bits per heavy atom. The Bertz CT molecular complexity index is 435. The van der Waals surface area contributed by atoms with Crippen molar-refractivity contribution in [1.29, 1.82) is 0 Å². The van der Waals surface area contributed by atoms with E-state index in [0.29, 0.717) is 6.54 Å². The summed E-state index contributed by atoms with van der Waals surface area (Å²) in [6, 6.07) is 4.27. The summed E-state index contributed by atoms with van der Waals surface area (Å²) >= 11 is 0. The van der Waals surface area contributed by atoms with Crippen molar-refractivity contribution >= 4 is 0 Å². The van der Waals surface area contributed by atoms with Crippen LogP contribution in [0.15, 0.2) is 37.1 Å². The van der Waals surface area contributed by atoms with Crippen molar-refractivity contribution < 1.29 is 0 Å². The number of imidazole rings is 1. The van der Waals surface area contributed by atoms with Gasteiger partial charge in [-0.05, 0) is 25.1 Å². The van der Waals surface area contributed by atoms with Gasteiger partial charge in [0.2, 0.25) is 0 Å². The van der Waals surface area contributed by atoms with E-state index in [2.05, 4.69) is 27.5 Å². The van der Waals surface area contributed by atoms with E-state index in [1.807, 2.05) is 24.8 Å². The van der Waals surface area contributed by atoms with Crippen molar-refractivity contribution in [3.05, 3.63) is 48.3 Å². The molecule has 0 aliphatic rings. The molecule has 1 unspecified atom stereocenters. The van der Waals surface area contributed by atoms with Gasteiger partial charge in [-0.25, -0.2) is 4.98 Å². The number of hydrogen-bond donors (Lipinski definition) is 1. The quantitative estimate of drug-likeness (QED) is 0.840. The van der Waals surface area contributed by atoms with Gasteiger partial charge in [-0.2, -0.15) is 0 Å². The Morgan fingerprint density at radius 3 is 2.94 bits per heavy atom. The molecule has 1 atom stereocenters. The van der Waals surface area contributed by atoms with Gasteiger partial charge in [0, 0.05) is 30.7 Å². The average molecular weight is 216 g/mol. The number of pyridine rings is 1. The summed E-state index contributed by atoms with van der Waals surface area (Å²) in [7, 11) is 0. The third-order valence-electron chi connectivity index (χ3n) is 2.73. The second-order valence-corrected chi connectivity index (χ2v) is 3.79. The van der Waals surface area contributed by atoms with Crippen molar-refractivity contribution in [2.75, 3.05) is 6.54 Å². The summed E-state index contributed by atoms with van der Waals surface area (Å²) in [4.78, 5) is 8.31. The first-order chi connectivity index (χ1) is 7.83. The molecule has 4 nitrogen and oxygen atoms in total. The molecule has 0 saturated heterocycles. The third kappa shape index (κ3) is 2.12. The average Bonchev–Trinajstić information content (AvgIpc) is 2.78. The molecule has 0 radical (unpaired) electrons. The molecule has 2 rings (SSSR count). The van der Waals surface area contributed by atoms with Crippen LogP contribution in [-0.4, -0.2) is 21.1 Å². The van der Waals surface area contributed by atoms with E-state index in [1.165, 1.54) is 11.3 Å². The SMILES string of the molecule is CC(c1cccnc1)n1cncc1CCN. The van der Waals surface area contributed by atoms with Gasteiger partial charge in [-0.1, -0.05) is 6.07 Å². The fourth-order valence-corrected chi connectivity index (χ4v) is 1.81. The Labute approximate surface area is 95.1 Å². The number of rotatable bonds is 4. The van der Waals surface area contributed by atoms with E-state index in [9.17, 15) is 0 Å². The van der Waals surface area contributed by atoms with E-state index in [4.69, 9.17) is 5.73 Å². The second-order valence-electron chi connectivity index (χ2n) is 3.79. The molecule has 0 fully saturated rings. The molecule has 0 aliphatic heterocycles. The van der Waals surface area contributed by atoms with E-state index in [-0.39, 0.29) is 6.04 Å². The molecule has 0 aliphatic carbocycles. The molecular formula is C12H16N4. The van der Waals surface area contributed by atoms with E-state index in [1.54, 1.807) is 6.20 Å². The van der Waals surface area contributed by atoms with Crippen LogP contribution in [0.1, 0.15) is 24.2 Å². The maximum absolute atomic E-state index is 5.57. The minimum atomic E-state index is 0.248. The molecule has 16 heavy (non-hydrogen) atoms. The molecule has 2 aromatic rings.